The van der Waals surface area contributed by atoms with E-state index >= 15 is 0 Å². The Bertz CT molecular complexity index is 979. The van der Waals surface area contributed by atoms with Gasteiger partial charge in [0.25, 0.3) is 5.91 Å². The first kappa shape index (κ1) is 17.4. The van der Waals surface area contributed by atoms with Gasteiger partial charge in [0.15, 0.2) is 0 Å². The zero-order valence-electron chi connectivity index (χ0n) is 13.6. The highest BCUT2D eigenvalue weighted by Crippen LogP contribution is 2.34. The molecular weight excluding hydrogens is 364 g/mol. The zero-order chi connectivity index (χ0) is 18.1. The van der Waals surface area contributed by atoms with Crippen LogP contribution in [0.1, 0.15) is 21.1 Å². The van der Waals surface area contributed by atoms with Crippen molar-refractivity contribution in [3.63, 3.8) is 0 Å². The van der Waals surface area contributed by atoms with Gasteiger partial charge in [-0.1, -0.05) is 29.8 Å². The van der Waals surface area contributed by atoms with Crippen molar-refractivity contribution in [1.82, 2.24) is 15.1 Å². The second kappa shape index (κ2) is 6.81. The van der Waals surface area contributed by atoms with Crippen LogP contribution in [0.2, 0.25) is 5.02 Å². The SMILES string of the molecule is Cc1nn(CCNC(=O)c2sc3ccccc3c2Cl)c(C)c1[N+](=O)[O-]. The number of amides is 1. The molecule has 0 aliphatic heterocycles. The van der Waals surface area contributed by atoms with E-state index in [2.05, 4.69) is 10.4 Å². The lowest BCUT2D eigenvalue weighted by molar-refractivity contribution is -0.386. The molecular formula is C16H15ClN4O3S. The van der Waals surface area contributed by atoms with E-state index in [1.54, 1.807) is 13.8 Å². The maximum absolute atomic E-state index is 12.4. The van der Waals surface area contributed by atoms with Crippen molar-refractivity contribution in [3.05, 3.63) is 55.7 Å². The molecule has 0 aliphatic rings. The van der Waals surface area contributed by atoms with Gasteiger partial charge in [-0.2, -0.15) is 5.10 Å². The molecule has 3 aromatic rings. The van der Waals surface area contributed by atoms with E-state index in [-0.39, 0.29) is 11.6 Å². The molecule has 0 saturated heterocycles. The van der Waals surface area contributed by atoms with Gasteiger partial charge < -0.3 is 5.32 Å². The van der Waals surface area contributed by atoms with Gasteiger partial charge in [0.05, 0.1) is 16.5 Å². The summed E-state index contributed by atoms with van der Waals surface area (Å²) in [5, 5.41) is 19.3. The van der Waals surface area contributed by atoms with Crippen LogP contribution in [0.5, 0.6) is 0 Å². The van der Waals surface area contributed by atoms with Crippen molar-refractivity contribution < 1.29 is 9.72 Å². The van der Waals surface area contributed by atoms with Gasteiger partial charge in [-0.05, 0) is 19.9 Å². The Morgan fingerprint density at radius 1 is 1.40 bits per heavy atom. The monoisotopic (exact) mass is 378 g/mol. The number of aromatic nitrogens is 2. The number of carbonyl (C=O) groups excluding carboxylic acids is 1. The topological polar surface area (TPSA) is 90.1 Å². The Hall–Kier alpha value is -2.45. The number of aryl methyl sites for hydroxylation is 1. The Labute approximate surface area is 152 Å². The van der Waals surface area contributed by atoms with Crippen molar-refractivity contribution in [1.29, 1.82) is 0 Å². The van der Waals surface area contributed by atoms with Gasteiger partial charge in [0.2, 0.25) is 0 Å². The third kappa shape index (κ3) is 3.22. The second-order valence-corrected chi connectivity index (χ2v) is 6.93. The van der Waals surface area contributed by atoms with E-state index in [4.69, 9.17) is 11.6 Å². The number of rotatable bonds is 5. The molecule has 130 valence electrons. The number of halogens is 1. The van der Waals surface area contributed by atoms with Gasteiger partial charge >= 0.3 is 5.69 Å². The van der Waals surface area contributed by atoms with Gasteiger partial charge in [0, 0.05) is 16.6 Å². The second-order valence-electron chi connectivity index (χ2n) is 5.50. The number of nitrogens with zero attached hydrogens (tertiary/aromatic N) is 3. The first-order chi connectivity index (χ1) is 11.9. The quantitative estimate of drug-likeness (QED) is 0.541. The number of benzene rings is 1. The zero-order valence-corrected chi connectivity index (χ0v) is 15.1. The molecule has 7 nitrogen and oxygen atoms in total. The van der Waals surface area contributed by atoms with Crippen LogP contribution in [-0.4, -0.2) is 27.2 Å². The Kier molecular flexibility index (Phi) is 4.73. The molecule has 1 amide bonds. The standard InChI is InChI=1S/C16H15ClN4O3S/c1-9-14(21(23)24)10(2)20(19-9)8-7-18-16(22)15-13(17)11-5-3-4-6-12(11)25-15/h3-6H,7-8H2,1-2H3,(H,18,22). The first-order valence-corrected chi connectivity index (χ1v) is 8.73. The molecule has 3 rings (SSSR count). The molecule has 25 heavy (non-hydrogen) atoms. The van der Waals surface area contributed by atoms with Crippen LogP contribution < -0.4 is 5.32 Å². The minimum atomic E-state index is -0.441. The molecule has 2 heterocycles. The fourth-order valence-corrected chi connectivity index (χ4v) is 4.12. The van der Waals surface area contributed by atoms with Gasteiger partial charge in [0.1, 0.15) is 16.3 Å². The van der Waals surface area contributed by atoms with E-state index in [1.807, 2.05) is 24.3 Å². The smallest absolute Gasteiger partial charge is 0.312 e. The summed E-state index contributed by atoms with van der Waals surface area (Å²) in [6, 6.07) is 7.56. The van der Waals surface area contributed by atoms with Gasteiger partial charge in [-0.25, -0.2) is 0 Å². The summed E-state index contributed by atoms with van der Waals surface area (Å²) in [6.45, 7) is 3.87. The van der Waals surface area contributed by atoms with Crippen LogP contribution in [0.25, 0.3) is 10.1 Å². The number of thiophene rings is 1. The van der Waals surface area contributed by atoms with E-state index in [9.17, 15) is 14.9 Å². The molecule has 1 N–H and O–H groups in total. The highest BCUT2D eigenvalue weighted by atomic mass is 35.5. The van der Waals surface area contributed by atoms with Crippen LogP contribution in [0.3, 0.4) is 0 Å². The lowest BCUT2D eigenvalue weighted by Crippen LogP contribution is -2.27. The van der Waals surface area contributed by atoms with Crippen LogP contribution in [0.4, 0.5) is 5.69 Å². The van der Waals surface area contributed by atoms with Crippen molar-refractivity contribution in [2.45, 2.75) is 20.4 Å². The van der Waals surface area contributed by atoms with Crippen molar-refractivity contribution in [2.24, 2.45) is 0 Å². The lowest BCUT2D eigenvalue weighted by atomic mass is 10.2. The molecule has 0 bridgehead atoms. The molecule has 1 aromatic carbocycles. The Morgan fingerprint density at radius 2 is 2.12 bits per heavy atom. The molecule has 0 unspecified atom stereocenters. The van der Waals surface area contributed by atoms with Crippen LogP contribution in [0.15, 0.2) is 24.3 Å². The van der Waals surface area contributed by atoms with Gasteiger partial charge in [-0.15, -0.1) is 11.3 Å². The van der Waals surface area contributed by atoms with Crippen molar-refractivity contribution in [3.8, 4) is 0 Å². The van der Waals surface area contributed by atoms with Gasteiger partial charge in [-0.3, -0.25) is 19.6 Å². The molecule has 0 saturated carbocycles. The number of hydrogen-bond acceptors (Lipinski definition) is 5. The average molecular weight is 379 g/mol. The summed E-state index contributed by atoms with van der Waals surface area (Å²) in [4.78, 5) is 23.4. The maximum atomic E-state index is 12.4. The number of fused-ring (bicyclic) bond motifs is 1. The van der Waals surface area contributed by atoms with Crippen molar-refractivity contribution in [2.75, 3.05) is 6.54 Å². The van der Waals surface area contributed by atoms with E-state index in [1.165, 1.54) is 16.0 Å². The largest absolute Gasteiger partial charge is 0.349 e. The minimum absolute atomic E-state index is 0.0128. The summed E-state index contributed by atoms with van der Waals surface area (Å²) >= 11 is 7.63. The summed E-state index contributed by atoms with van der Waals surface area (Å²) < 4.78 is 2.48. The Morgan fingerprint density at radius 3 is 2.76 bits per heavy atom. The summed E-state index contributed by atoms with van der Waals surface area (Å²) in [7, 11) is 0. The third-order valence-electron chi connectivity index (χ3n) is 3.88. The predicted molar refractivity (Wildman–Crippen MR) is 97.5 cm³/mol. The van der Waals surface area contributed by atoms with Crippen LogP contribution in [0, 0.1) is 24.0 Å². The van der Waals surface area contributed by atoms with Crippen LogP contribution >= 0.6 is 22.9 Å². The molecule has 0 fully saturated rings. The van der Waals surface area contributed by atoms with E-state index in [0.29, 0.717) is 34.4 Å². The van der Waals surface area contributed by atoms with Crippen molar-refractivity contribution >= 4 is 44.6 Å². The molecule has 0 spiro atoms. The highest BCUT2D eigenvalue weighted by Gasteiger charge is 2.22. The number of hydrogen-bond donors (Lipinski definition) is 1. The number of carbonyl (C=O) groups is 1. The molecule has 2 aromatic heterocycles. The number of nitro groups is 1. The Balaban J connectivity index is 1.70. The maximum Gasteiger partial charge on any atom is 0.312 e. The van der Waals surface area contributed by atoms with Crippen LogP contribution in [-0.2, 0) is 6.54 Å². The predicted octanol–water partition coefficient (Wildman–Crippen LogP) is 3.71. The normalized spacial score (nSPS) is 11.0. The molecule has 0 aliphatic carbocycles. The summed E-state index contributed by atoms with van der Waals surface area (Å²) in [5.41, 5.74) is 0.844. The first-order valence-electron chi connectivity index (χ1n) is 7.53. The fourth-order valence-electron chi connectivity index (χ4n) is 2.69. The highest BCUT2D eigenvalue weighted by molar-refractivity contribution is 7.21. The molecule has 0 atom stereocenters. The molecule has 0 radical (unpaired) electrons. The molecule has 9 heteroatoms. The average Bonchev–Trinajstić information content (AvgIpc) is 3.05. The third-order valence-corrected chi connectivity index (χ3v) is 5.55. The minimum Gasteiger partial charge on any atom is -0.349 e. The summed E-state index contributed by atoms with van der Waals surface area (Å²) in [6.07, 6.45) is 0. The summed E-state index contributed by atoms with van der Waals surface area (Å²) in [5.74, 6) is -0.262. The number of nitrogens with one attached hydrogen (secondary N) is 1. The van der Waals surface area contributed by atoms with E-state index in [0.717, 1.165) is 10.1 Å². The fraction of sp³-hybridized carbons (Fsp3) is 0.250. The lowest BCUT2D eigenvalue weighted by Gasteiger charge is -2.05. The van der Waals surface area contributed by atoms with E-state index < -0.39 is 4.92 Å².